The van der Waals surface area contributed by atoms with Gasteiger partial charge in [0.1, 0.15) is 16.9 Å². The first-order valence-electron chi connectivity index (χ1n) is 7.94. The molecule has 2 aromatic heterocycles. The second-order valence-corrected chi connectivity index (χ2v) is 6.95. The summed E-state index contributed by atoms with van der Waals surface area (Å²) in [5.41, 5.74) is 2.05. The van der Waals surface area contributed by atoms with Crippen LogP contribution in [0.3, 0.4) is 0 Å². The van der Waals surface area contributed by atoms with Gasteiger partial charge in [0, 0.05) is 10.9 Å². The predicted octanol–water partition coefficient (Wildman–Crippen LogP) is 3.72. The molecule has 1 aromatic carbocycles. The van der Waals surface area contributed by atoms with Gasteiger partial charge in [-0.15, -0.1) is 11.3 Å². The molecule has 3 aromatic rings. The van der Waals surface area contributed by atoms with Crippen molar-refractivity contribution in [3.8, 4) is 11.4 Å². The average Bonchev–Trinajstić information content (AvgIpc) is 2.78. The minimum absolute atomic E-state index is 0.0302. The number of hydrogen-bond acceptors (Lipinski definition) is 4. The Morgan fingerprint density at radius 1 is 1.22 bits per heavy atom. The summed E-state index contributed by atoms with van der Waals surface area (Å²) in [6.45, 7) is 0. The lowest BCUT2D eigenvalue weighted by Gasteiger charge is -2.07. The fraction of sp³-hybridized carbons (Fsp3) is 0.333. The van der Waals surface area contributed by atoms with Crippen LogP contribution in [0.1, 0.15) is 29.7 Å². The van der Waals surface area contributed by atoms with Gasteiger partial charge in [0.05, 0.1) is 18.2 Å². The first-order chi connectivity index (χ1) is 11.3. The summed E-state index contributed by atoms with van der Waals surface area (Å²) in [4.78, 5) is 19.8. The minimum atomic E-state index is 0.0302. The number of methoxy groups -OCH3 is 1. The highest BCUT2D eigenvalue weighted by Gasteiger charge is 2.19. The van der Waals surface area contributed by atoms with Gasteiger partial charge >= 0.3 is 0 Å². The van der Waals surface area contributed by atoms with E-state index in [4.69, 9.17) is 4.74 Å². The van der Waals surface area contributed by atoms with Crippen molar-refractivity contribution < 1.29 is 4.74 Å². The van der Waals surface area contributed by atoms with Crippen LogP contribution in [0.15, 0.2) is 35.4 Å². The van der Waals surface area contributed by atoms with Crippen molar-refractivity contribution >= 4 is 21.6 Å². The summed E-state index contributed by atoms with van der Waals surface area (Å²) in [5.74, 6) is 0.735. The standard InChI is InChI=1S/C18H18N2O2S/c1-22-13-7-5-6-12(10-13)20-11-19-17-16(18(20)21)14-8-3-2-4-9-15(14)23-17/h5-7,10-11H,2-4,8-9H2,1H3. The number of nitrogens with zero attached hydrogens (tertiary/aromatic N) is 2. The Kier molecular flexibility index (Phi) is 3.65. The molecule has 5 heteroatoms. The van der Waals surface area contributed by atoms with Gasteiger partial charge in [-0.2, -0.15) is 0 Å². The Balaban J connectivity index is 1.93. The number of hydrogen-bond donors (Lipinski definition) is 0. The minimum Gasteiger partial charge on any atom is -0.497 e. The molecule has 4 nitrogen and oxygen atoms in total. The average molecular weight is 326 g/mol. The lowest BCUT2D eigenvalue weighted by molar-refractivity contribution is 0.414. The predicted molar refractivity (Wildman–Crippen MR) is 93.0 cm³/mol. The molecule has 0 radical (unpaired) electrons. The second kappa shape index (κ2) is 5.81. The SMILES string of the molecule is COc1cccc(-n2cnc3sc4c(c3c2=O)CCCCC4)c1. The Labute approximate surface area is 138 Å². The van der Waals surface area contributed by atoms with Crippen LogP contribution in [0.25, 0.3) is 15.9 Å². The van der Waals surface area contributed by atoms with E-state index in [1.165, 1.54) is 23.3 Å². The topological polar surface area (TPSA) is 44.1 Å². The van der Waals surface area contributed by atoms with E-state index in [2.05, 4.69) is 4.98 Å². The van der Waals surface area contributed by atoms with E-state index in [0.717, 1.165) is 40.9 Å². The molecule has 0 saturated carbocycles. The van der Waals surface area contributed by atoms with Crippen LogP contribution < -0.4 is 10.3 Å². The van der Waals surface area contributed by atoms with Crippen molar-refractivity contribution in [3.05, 3.63) is 51.4 Å². The molecule has 118 valence electrons. The van der Waals surface area contributed by atoms with Crippen molar-refractivity contribution in [1.82, 2.24) is 9.55 Å². The van der Waals surface area contributed by atoms with E-state index in [9.17, 15) is 4.79 Å². The smallest absolute Gasteiger partial charge is 0.266 e. The van der Waals surface area contributed by atoms with Gasteiger partial charge in [-0.05, 0) is 43.4 Å². The van der Waals surface area contributed by atoms with Crippen molar-refractivity contribution in [2.24, 2.45) is 0 Å². The highest BCUT2D eigenvalue weighted by Crippen LogP contribution is 2.33. The van der Waals surface area contributed by atoms with Crippen LogP contribution >= 0.6 is 11.3 Å². The monoisotopic (exact) mass is 326 g/mol. The van der Waals surface area contributed by atoms with E-state index in [1.54, 1.807) is 29.3 Å². The van der Waals surface area contributed by atoms with Crippen LogP contribution in [-0.2, 0) is 12.8 Å². The molecule has 1 aliphatic carbocycles. The molecular formula is C18H18N2O2S. The summed E-state index contributed by atoms with van der Waals surface area (Å²) in [7, 11) is 1.63. The van der Waals surface area contributed by atoms with Crippen LogP contribution in [-0.4, -0.2) is 16.7 Å². The van der Waals surface area contributed by atoms with Crippen molar-refractivity contribution in [2.75, 3.05) is 7.11 Å². The van der Waals surface area contributed by atoms with Crippen molar-refractivity contribution in [3.63, 3.8) is 0 Å². The maximum atomic E-state index is 13.1. The number of ether oxygens (including phenoxy) is 1. The molecule has 0 saturated heterocycles. The molecule has 23 heavy (non-hydrogen) atoms. The molecule has 1 aliphatic rings. The van der Waals surface area contributed by atoms with Crippen LogP contribution in [0.2, 0.25) is 0 Å². The van der Waals surface area contributed by atoms with E-state index in [1.807, 2.05) is 24.3 Å². The van der Waals surface area contributed by atoms with Gasteiger partial charge in [-0.25, -0.2) is 4.98 Å². The number of aryl methyl sites for hydroxylation is 2. The lowest BCUT2D eigenvalue weighted by Crippen LogP contribution is -2.19. The third kappa shape index (κ3) is 2.45. The Bertz CT molecular complexity index is 926. The summed E-state index contributed by atoms with van der Waals surface area (Å²) in [6, 6.07) is 7.53. The molecule has 0 spiro atoms. The first-order valence-corrected chi connectivity index (χ1v) is 8.76. The van der Waals surface area contributed by atoms with E-state index >= 15 is 0 Å². The molecule has 0 bridgehead atoms. The van der Waals surface area contributed by atoms with Gasteiger partial charge in [-0.3, -0.25) is 9.36 Å². The van der Waals surface area contributed by atoms with Crippen LogP contribution in [0.5, 0.6) is 5.75 Å². The quantitative estimate of drug-likeness (QED) is 0.674. The summed E-state index contributed by atoms with van der Waals surface area (Å²) < 4.78 is 6.89. The van der Waals surface area contributed by atoms with E-state index < -0.39 is 0 Å². The van der Waals surface area contributed by atoms with Crippen LogP contribution in [0.4, 0.5) is 0 Å². The zero-order valence-corrected chi connectivity index (χ0v) is 13.9. The molecule has 0 N–H and O–H groups in total. The Morgan fingerprint density at radius 3 is 2.96 bits per heavy atom. The molecule has 0 amide bonds. The largest absolute Gasteiger partial charge is 0.497 e. The highest BCUT2D eigenvalue weighted by molar-refractivity contribution is 7.18. The van der Waals surface area contributed by atoms with Crippen molar-refractivity contribution in [1.29, 1.82) is 0 Å². The fourth-order valence-electron chi connectivity index (χ4n) is 3.27. The zero-order valence-electron chi connectivity index (χ0n) is 13.0. The third-order valence-electron chi connectivity index (χ3n) is 4.46. The second-order valence-electron chi connectivity index (χ2n) is 5.87. The Morgan fingerprint density at radius 2 is 2.09 bits per heavy atom. The maximum Gasteiger partial charge on any atom is 0.266 e. The number of benzene rings is 1. The number of aromatic nitrogens is 2. The summed E-state index contributed by atoms with van der Waals surface area (Å²) >= 11 is 1.69. The van der Waals surface area contributed by atoms with Gasteiger partial charge in [0.25, 0.3) is 5.56 Å². The molecule has 0 fully saturated rings. The lowest BCUT2D eigenvalue weighted by atomic mass is 10.1. The van der Waals surface area contributed by atoms with Gasteiger partial charge in [0.15, 0.2) is 0 Å². The zero-order chi connectivity index (χ0) is 15.8. The van der Waals surface area contributed by atoms with Gasteiger partial charge < -0.3 is 4.74 Å². The summed E-state index contributed by atoms with van der Waals surface area (Å²) in [5, 5.41) is 0.817. The van der Waals surface area contributed by atoms with Crippen LogP contribution in [0, 0.1) is 0 Å². The highest BCUT2D eigenvalue weighted by atomic mass is 32.1. The first kappa shape index (κ1) is 14.5. The van der Waals surface area contributed by atoms with Gasteiger partial charge in [0.2, 0.25) is 0 Å². The maximum absolute atomic E-state index is 13.1. The normalized spacial score (nSPS) is 14.5. The summed E-state index contributed by atoms with van der Waals surface area (Å²) in [6.07, 6.45) is 7.32. The van der Waals surface area contributed by atoms with E-state index in [0.29, 0.717) is 0 Å². The Hall–Kier alpha value is -2.14. The number of thiophene rings is 1. The van der Waals surface area contributed by atoms with Crippen molar-refractivity contribution in [2.45, 2.75) is 32.1 Å². The third-order valence-corrected chi connectivity index (χ3v) is 5.66. The molecule has 0 unspecified atom stereocenters. The molecule has 0 atom stereocenters. The molecular weight excluding hydrogens is 308 g/mol. The fourth-order valence-corrected chi connectivity index (χ4v) is 4.49. The number of fused-ring (bicyclic) bond motifs is 3. The van der Waals surface area contributed by atoms with E-state index in [-0.39, 0.29) is 5.56 Å². The molecule has 4 rings (SSSR count). The van der Waals surface area contributed by atoms with Gasteiger partial charge in [-0.1, -0.05) is 12.5 Å². The molecule has 0 aliphatic heterocycles. The molecule has 2 heterocycles. The number of rotatable bonds is 2.